The number of hydrogen-bond donors (Lipinski definition) is 1. The smallest absolute Gasteiger partial charge is 0.223 e. The molecular formula is C22H32N2O2. The zero-order chi connectivity index (χ0) is 17.9. The van der Waals surface area contributed by atoms with Gasteiger partial charge in [-0.1, -0.05) is 18.6 Å². The molecule has 2 aliphatic carbocycles. The molecule has 4 nitrogen and oxygen atoms in total. The Morgan fingerprint density at radius 1 is 1.19 bits per heavy atom. The number of piperidine rings is 1. The molecule has 0 radical (unpaired) electrons. The maximum absolute atomic E-state index is 12.7. The highest BCUT2D eigenvalue weighted by molar-refractivity contribution is 5.79. The molecule has 1 aromatic carbocycles. The topological polar surface area (TPSA) is 41.6 Å². The number of amides is 1. The number of likely N-dealkylation sites (tertiary alicyclic amines) is 1. The van der Waals surface area contributed by atoms with Gasteiger partial charge in [0.1, 0.15) is 5.75 Å². The molecule has 1 aliphatic heterocycles. The average molecular weight is 357 g/mol. The molecule has 142 valence electrons. The van der Waals surface area contributed by atoms with Crippen LogP contribution in [0.15, 0.2) is 24.3 Å². The second-order valence-electron chi connectivity index (χ2n) is 8.42. The van der Waals surface area contributed by atoms with Crippen molar-refractivity contribution in [1.29, 1.82) is 0 Å². The number of ether oxygens (including phenoxy) is 1. The lowest BCUT2D eigenvalue weighted by Gasteiger charge is -2.33. The first kappa shape index (κ1) is 17.8. The first-order chi connectivity index (χ1) is 12.7. The minimum absolute atomic E-state index is 0.208. The van der Waals surface area contributed by atoms with Gasteiger partial charge in [-0.3, -0.25) is 9.69 Å². The predicted molar refractivity (Wildman–Crippen MR) is 103 cm³/mol. The maximum atomic E-state index is 12.7. The van der Waals surface area contributed by atoms with Crippen LogP contribution in [0.2, 0.25) is 0 Å². The van der Waals surface area contributed by atoms with Gasteiger partial charge in [0.2, 0.25) is 5.91 Å². The van der Waals surface area contributed by atoms with Crippen LogP contribution < -0.4 is 10.1 Å². The molecule has 1 amide bonds. The number of carbonyl (C=O) groups excluding carboxylic acids is 1. The van der Waals surface area contributed by atoms with Gasteiger partial charge >= 0.3 is 0 Å². The molecule has 0 spiro atoms. The van der Waals surface area contributed by atoms with Gasteiger partial charge in [0.15, 0.2) is 0 Å². The van der Waals surface area contributed by atoms with Crippen LogP contribution >= 0.6 is 0 Å². The van der Waals surface area contributed by atoms with Gasteiger partial charge in [-0.05, 0) is 81.6 Å². The monoisotopic (exact) mass is 356 g/mol. The molecule has 3 aliphatic rings. The molecule has 0 aromatic heterocycles. The van der Waals surface area contributed by atoms with Crippen LogP contribution in [0.1, 0.15) is 51.0 Å². The molecule has 3 fully saturated rings. The molecule has 3 atom stereocenters. The van der Waals surface area contributed by atoms with E-state index in [1.54, 1.807) is 0 Å². The van der Waals surface area contributed by atoms with E-state index in [2.05, 4.69) is 28.4 Å². The Morgan fingerprint density at radius 3 is 2.73 bits per heavy atom. The first-order valence-electron chi connectivity index (χ1n) is 10.5. The molecule has 1 heterocycles. The lowest BCUT2D eigenvalue weighted by molar-refractivity contribution is -0.127. The van der Waals surface area contributed by atoms with Gasteiger partial charge in [-0.25, -0.2) is 0 Å². The van der Waals surface area contributed by atoms with Crippen LogP contribution in [0.25, 0.3) is 0 Å². The third kappa shape index (κ3) is 4.06. The van der Waals surface area contributed by atoms with Crippen LogP contribution in [0, 0.1) is 17.8 Å². The Bertz CT molecular complexity index is 624. The molecular weight excluding hydrogens is 324 g/mol. The molecule has 4 heteroatoms. The van der Waals surface area contributed by atoms with E-state index >= 15 is 0 Å². The summed E-state index contributed by atoms with van der Waals surface area (Å²) in [5, 5.41) is 3.39. The van der Waals surface area contributed by atoms with Crippen molar-refractivity contribution in [1.82, 2.24) is 10.2 Å². The van der Waals surface area contributed by atoms with E-state index in [-0.39, 0.29) is 5.92 Å². The van der Waals surface area contributed by atoms with Crippen LogP contribution in [-0.2, 0) is 11.3 Å². The molecule has 1 N–H and O–H groups in total. The third-order valence-corrected chi connectivity index (χ3v) is 6.64. The van der Waals surface area contributed by atoms with E-state index in [0.717, 1.165) is 50.1 Å². The Labute approximate surface area is 157 Å². The third-order valence-electron chi connectivity index (χ3n) is 6.64. The van der Waals surface area contributed by atoms with Gasteiger partial charge in [0.05, 0.1) is 6.61 Å². The van der Waals surface area contributed by atoms with Crippen LogP contribution in [0.4, 0.5) is 0 Å². The lowest BCUT2D eigenvalue weighted by Crippen LogP contribution is -2.45. The zero-order valence-electron chi connectivity index (χ0n) is 16.0. The van der Waals surface area contributed by atoms with Gasteiger partial charge in [-0.15, -0.1) is 0 Å². The number of nitrogens with zero attached hydrogens (tertiary/aromatic N) is 1. The second-order valence-corrected chi connectivity index (χ2v) is 8.42. The normalized spacial score (nSPS) is 29.0. The predicted octanol–water partition coefficient (Wildman–Crippen LogP) is 3.60. The Kier molecular flexibility index (Phi) is 5.49. The van der Waals surface area contributed by atoms with E-state index in [4.69, 9.17) is 4.74 Å². The van der Waals surface area contributed by atoms with Gasteiger partial charge in [0, 0.05) is 18.5 Å². The molecule has 1 aromatic rings. The van der Waals surface area contributed by atoms with Crippen molar-refractivity contribution in [2.75, 3.05) is 19.7 Å². The molecule has 4 rings (SSSR count). The fraction of sp³-hybridized carbons (Fsp3) is 0.682. The van der Waals surface area contributed by atoms with Crippen LogP contribution in [0.3, 0.4) is 0 Å². The summed E-state index contributed by atoms with van der Waals surface area (Å²) in [6, 6.07) is 8.85. The van der Waals surface area contributed by atoms with E-state index in [0.29, 0.717) is 18.6 Å². The van der Waals surface area contributed by atoms with E-state index < -0.39 is 0 Å². The number of benzene rings is 1. The highest BCUT2D eigenvalue weighted by Crippen LogP contribution is 2.44. The largest absolute Gasteiger partial charge is 0.494 e. The summed E-state index contributed by atoms with van der Waals surface area (Å²) in [5.41, 5.74) is 1.29. The Morgan fingerprint density at radius 2 is 2.04 bits per heavy atom. The standard InChI is InChI=1S/C22H32N2O2/c1-2-26-20-5-3-4-17(13-20)15-24-10-8-18(9-11-24)22(25)23-21-14-16-6-7-19(21)12-16/h3-5,13,16,18-19,21H,2,6-12,14-15H2,1H3,(H,23,25). The molecule has 2 saturated carbocycles. The Balaban J connectivity index is 1.23. The molecule has 1 saturated heterocycles. The summed E-state index contributed by atoms with van der Waals surface area (Å²) in [6.07, 6.45) is 7.26. The number of hydrogen-bond acceptors (Lipinski definition) is 3. The van der Waals surface area contributed by atoms with Gasteiger partial charge in [0.25, 0.3) is 0 Å². The second kappa shape index (κ2) is 7.99. The van der Waals surface area contributed by atoms with Gasteiger partial charge in [-0.2, -0.15) is 0 Å². The Hall–Kier alpha value is -1.55. The maximum Gasteiger partial charge on any atom is 0.223 e. The summed E-state index contributed by atoms with van der Waals surface area (Å²) in [6.45, 7) is 5.68. The summed E-state index contributed by atoms with van der Waals surface area (Å²) in [7, 11) is 0. The summed E-state index contributed by atoms with van der Waals surface area (Å²) in [5.74, 6) is 3.13. The summed E-state index contributed by atoms with van der Waals surface area (Å²) in [4.78, 5) is 15.1. The van der Waals surface area contributed by atoms with E-state index in [1.165, 1.54) is 31.2 Å². The summed E-state index contributed by atoms with van der Waals surface area (Å²) >= 11 is 0. The van der Waals surface area contributed by atoms with Crippen LogP contribution in [0.5, 0.6) is 5.75 Å². The zero-order valence-corrected chi connectivity index (χ0v) is 16.0. The van der Waals surface area contributed by atoms with Gasteiger partial charge < -0.3 is 10.1 Å². The number of nitrogens with one attached hydrogen (secondary N) is 1. The number of carbonyl (C=O) groups is 1. The SMILES string of the molecule is CCOc1cccc(CN2CCC(C(=O)NC3CC4CCC3C4)CC2)c1. The quantitative estimate of drug-likeness (QED) is 0.847. The first-order valence-corrected chi connectivity index (χ1v) is 10.5. The van der Waals surface area contributed by atoms with Crippen molar-refractivity contribution in [2.45, 2.75) is 58.0 Å². The fourth-order valence-electron chi connectivity index (χ4n) is 5.23. The lowest BCUT2D eigenvalue weighted by atomic mass is 9.92. The average Bonchev–Trinajstić information content (AvgIpc) is 3.26. The number of rotatable bonds is 6. The van der Waals surface area contributed by atoms with E-state index in [1.807, 2.05) is 13.0 Å². The van der Waals surface area contributed by atoms with Crippen molar-refractivity contribution >= 4 is 5.91 Å². The van der Waals surface area contributed by atoms with Crippen molar-refractivity contribution in [2.24, 2.45) is 17.8 Å². The molecule has 2 bridgehead atoms. The van der Waals surface area contributed by atoms with E-state index in [9.17, 15) is 4.79 Å². The minimum Gasteiger partial charge on any atom is -0.494 e. The van der Waals surface area contributed by atoms with Crippen LogP contribution in [-0.4, -0.2) is 36.5 Å². The minimum atomic E-state index is 0.208. The molecule has 3 unspecified atom stereocenters. The summed E-state index contributed by atoms with van der Waals surface area (Å²) < 4.78 is 5.60. The highest BCUT2D eigenvalue weighted by atomic mass is 16.5. The molecule has 26 heavy (non-hydrogen) atoms. The van der Waals surface area contributed by atoms with Crippen molar-refractivity contribution in [3.05, 3.63) is 29.8 Å². The van der Waals surface area contributed by atoms with Crippen molar-refractivity contribution in [3.63, 3.8) is 0 Å². The number of fused-ring (bicyclic) bond motifs is 2. The highest BCUT2D eigenvalue weighted by Gasteiger charge is 2.40. The van der Waals surface area contributed by atoms with Crippen molar-refractivity contribution in [3.8, 4) is 5.75 Å². The fourth-order valence-corrected chi connectivity index (χ4v) is 5.23. The van der Waals surface area contributed by atoms with Crippen molar-refractivity contribution < 1.29 is 9.53 Å².